The van der Waals surface area contributed by atoms with Crippen LogP contribution < -0.4 is 14.8 Å². The molecule has 0 amide bonds. The lowest BCUT2D eigenvalue weighted by molar-refractivity contribution is 0.394. The zero-order valence-electron chi connectivity index (χ0n) is 15.5. The van der Waals surface area contributed by atoms with E-state index in [1.807, 2.05) is 24.3 Å². The second-order valence-corrected chi connectivity index (χ2v) is 6.52. The molecule has 27 heavy (non-hydrogen) atoms. The van der Waals surface area contributed by atoms with Crippen LogP contribution in [0.3, 0.4) is 0 Å². The summed E-state index contributed by atoms with van der Waals surface area (Å²) in [5, 5.41) is 8.23. The molecule has 1 N–H and O–H groups in total. The van der Waals surface area contributed by atoms with E-state index in [4.69, 9.17) is 14.6 Å². The molecule has 0 saturated carbocycles. The van der Waals surface area contributed by atoms with Crippen LogP contribution >= 0.6 is 0 Å². The summed E-state index contributed by atoms with van der Waals surface area (Å²) in [6, 6.07) is 12.4. The van der Waals surface area contributed by atoms with Crippen LogP contribution in [0.5, 0.6) is 11.5 Å². The van der Waals surface area contributed by atoms with Gasteiger partial charge in [-0.3, -0.25) is 0 Å². The number of nitrogens with zero attached hydrogens (tertiary/aromatic N) is 2. The van der Waals surface area contributed by atoms with E-state index in [2.05, 4.69) is 5.32 Å². The Kier molecular flexibility index (Phi) is 4.71. The molecule has 0 bridgehead atoms. The van der Waals surface area contributed by atoms with Gasteiger partial charge in [-0.25, -0.2) is 9.07 Å². The zero-order valence-corrected chi connectivity index (χ0v) is 15.5. The molecule has 2 heterocycles. The maximum Gasteiger partial charge on any atom is 0.148 e. The zero-order chi connectivity index (χ0) is 18.8. The molecular weight excluding hydrogens is 345 g/mol. The van der Waals surface area contributed by atoms with Gasteiger partial charge in [0, 0.05) is 23.7 Å². The Hall–Kier alpha value is -3.02. The van der Waals surface area contributed by atoms with E-state index in [0.29, 0.717) is 17.2 Å². The molecule has 1 aliphatic rings. The topological polar surface area (TPSA) is 48.3 Å². The highest BCUT2D eigenvalue weighted by molar-refractivity contribution is 5.73. The standard InChI is InChI=1S/C21H22FN3O2/c1-26-15-11-14(12-16(13-15)27-2)20-17-7-5-6-10-23-21(17)25(24-20)19-9-4-3-8-18(19)22/h3-4,8-9,11-13,23H,5-7,10H2,1-2H3. The summed E-state index contributed by atoms with van der Waals surface area (Å²) >= 11 is 0. The van der Waals surface area contributed by atoms with Gasteiger partial charge in [0.15, 0.2) is 0 Å². The second kappa shape index (κ2) is 7.31. The number of hydrogen-bond donors (Lipinski definition) is 1. The van der Waals surface area contributed by atoms with Gasteiger partial charge in [-0.1, -0.05) is 12.1 Å². The number of benzene rings is 2. The fourth-order valence-electron chi connectivity index (χ4n) is 3.48. The van der Waals surface area contributed by atoms with Gasteiger partial charge < -0.3 is 14.8 Å². The first-order chi connectivity index (χ1) is 13.2. The first kappa shape index (κ1) is 17.4. The minimum Gasteiger partial charge on any atom is -0.497 e. The van der Waals surface area contributed by atoms with Crippen molar-refractivity contribution in [3.8, 4) is 28.4 Å². The van der Waals surface area contributed by atoms with E-state index in [0.717, 1.165) is 48.4 Å². The summed E-state index contributed by atoms with van der Waals surface area (Å²) in [5.74, 6) is 1.94. The third kappa shape index (κ3) is 3.23. The quantitative estimate of drug-likeness (QED) is 0.740. The first-order valence-electron chi connectivity index (χ1n) is 9.05. The largest absolute Gasteiger partial charge is 0.497 e. The van der Waals surface area contributed by atoms with Crippen LogP contribution in [0.2, 0.25) is 0 Å². The van der Waals surface area contributed by atoms with Crippen molar-refractivity contribution < 1.29 is 13.9 Å². The van der Waals surface area contributed by atoms with Gasteiger partial charge in [0.1, 0.15) is 28.8 Å². The molecule has 4 rings (SSSR count). The molecule has 0 radical (unpaired) electrons. The fraction of sp³-hybridized carbons (Fsp3) is 0.286. The molecule has 3 aromatic rings. The number of para-hydroxylation sites is 1. The average molecular weight is 367 g/mol. The third-order valence-electron chi connectivity index (χ3n) is 4.84. The molecule has 2 aromatic carbocycles. The minimum absolute atomic E-state index is 0.302. The van der Waals surface area contributed by atoms with Crippen LogP contribution in [-0.4, -0.2) is 30.5 Å². The number of nitrogens with one attached hydrogen (secondary N) is 1. The van der Waals surface area contributed by atoms with Crippen molar-refractivity contribution in [3.05, 3.63) is 53.8 Å². The number of hydrogen-bond acceptors (Lipinski definition) is 4. The molecule has 6 heteroatoms. The lowest BCUT2D eigenvalue weighted by Gasteiger charge is -2.09. The third-order valence-corrected chi connectivity index (χ3v) is 4.84. The highest BCUT2D eigenvalue weighted by Gasteiger charge is 2.23. The summed E-state index contributed by atoms with van der Waals surface area (Å²) < 4.78 is 27.0. The Morgan fingerprint density at radius 3 is 2.48 bits per heavy atom. The lowest BCUT2D eigenvalue weighted by Crippen LogP contribution is -2.08. The van der Waals surface area contributed by atoms with Crippen molar-refractivity contribution in [2.45, 2.75) is 19.3 Å². The molecule has 1 aliphatic heterocycles. The first-order valence-corrected chi connectivity index (χ1v) is 9.05. The molecule has 0 atom stereocenters. The van der Waals surface area contributed by atoms with E-state index in [1.54, 1.807) is 31.0 Å². The number of halogens is 1. The summed E-state index contributed by atoms with van der Waals surface area (Å²) in [6.07, 6.45) is 3.00. The normalized spacial score (nSPS) is 13.4. The lowest BCUT2D eigenvalue weighted by atomic mass is 10.0. The van der Waals surface area contributed by atoms with Gasteiger partial charge in [0.2, 0.25) is 0 Å². The summed E-state index contributed by atoms with van der Waals surface area (Å²) in [5.41, 5.74) is 3.23. The molecule has 0 unspecified atom stereocenters. The number of ether oxygens (including phenoxy) is 2. The smallest absolute Gasteiger partial charge is 0.148 e. The molecule has 0 fully saturated rings. The molecular formula is C21H22FN3O2. The SMILES string of the molecule is COc1cc(OC)cc(-c2nn(-c3ccccc3F)c3c2CCCCN3)c1. The second-order valence-electron chi connectivity index (χ2n) is 6.52. The van der Waals surface area contributed by atoms with Gasteiger partial charge in [-0.05, 0) is 43.5 Å². The van der Waals surface area contributed by atoms with E-state index < -0.39 is 0 Å². The average Bonchev–Trinajstić information content (AvgIpc) is 2.88. The molecule has 0 spiro atoms. The van der Waals surface area contributed by atoms with Crippen LogP contribution in [0.15, 0.2) is 42.5 Å². The van der Waals surface area contributed by atoms with E-state index in [-0.39, 0.29) is 5.82 Å². The number of aromatic nitrogens is 2. The maximum absolute atomic E-state index is 14.5. The van der Waals surface area contributed by atoms with Crippen molar-refractivity contribution in [1.82, 2.24) is 9.78 Å². The Labute approximate surface area is 157 Å². The molecule has 1 aromatic heterocycles. The fourth-order valence-corrected chi connectivity index (χ4v) is 3.48. The molecule has 5 nitrogen and oxygen atoms in total. The Bertz CT molecular complexity index is 946. The van der Waals surface area contributed by atoms with Crippen molar-refractivity contribution in [1.29, 1.82) is 0 Å². The molecule has 0 aliphatic carbocycles. The van der Waals surface area contributed by atoms with Gasteiger partial charge in [0.25, 0.3) is 0 Å². The predicted octanol–water partition coefficient (Wildman–Crippen LogP) is 4.44. The maximum atomic E-state index is 14.5. The van der Waals surface area contributed by atoms with E-state index >= 15 is 0 Å². The number of rotatable bonds is 4. The number of fused-ring (bicyclic) bond motifs is 1. The highest BCUT2D eigenvalue weighted by atomic mass is 19.1. The van der Waals surface area contributed by atoms with Crippen molar-refractivity contribution in [3.63, 3.8) is 0 Å². The number of anilines is 1. The minimum atomic E-state index is -0.302. The van der Waals surface area contributed by atoms with Crippen molar-refractivity contribution >= 4 is 5.82 Å². The van der Waals surface area contributed by atoms with Crippen LogP contribution in [0.25, 0.3) is 16.9 Å². The number of methoxy groups -OCH3 is 2. The Balaban J connectivity index is 1.93. The van der Waals surface area contributed by atoms with Crippen LogP contribution in [0.1, 0.15) is 18.4 Å². The van der Waals surface area contributed by atoms with Crippen molar-refractivity contribution in [2.24, 2.45) is 0 Å². The van der Waals surface area contributed by atoms with Crippen LogP contribution in [0, 0.1) is 5.82 Å². The molecule has 140 valence electrons. The Morgan fingerprint density at radius 2 is 1.78 bits per heavy atom. The summed E-state index contributed by atoms with van der Waals surface area (Å²) in [6.45, 7) is 0.841. The Morgan fingerprint density at radius 1 is 1.04 bits per heavy atom. The summed E-state index contributed by atoms with van der Waals surface area (Å²) in [4.78, 5) is 0. The van der Waals surface area contributed by atoms with Gasteiger partial charge in [-0.15, -0.1) is 0 Å². The van der Waals surface area contributed by atoms with Crippen molar-refractivity contribution in [2.75, 3.05) is 26.1 Å². The van der Waals surface area contributed by atoms with Crippen LogP contribution in [-0.2, 0) is 6.42 Å². The van der Waals surface area contributed by atoms with E-state index in [9.17, 15) is 4.39 Å². The van der Waals surface area contributed by atoms with E-state index in [1.165, 1.54) is 6.07 Å². The van der Waals surface area contributed by atoms with Gasteiger partial charge in [0.05, 0.1) is 19.9 Å². The molecule has 0 saturated heterocycles. The monoisotopic (exact) mass is 367 g/mol. The summed E-state index contributed by atoms with van der Waals surface area (Å²) in [7, 11) is 3.25. The van der Waals surface area contributed by atoms with Gasteiger partial charge >= 0.3 is 0 Å². The highest BCUT2D eigenvalue weighted by Crippen LogP contribution is 2.37. The predicted molar refractivity (Wildman–Crippen MR) is 103 cm³/mol. The van der Waals surface area contributed by atoms with Crippen LogP contribution in [0.4, 0.5) is 10.2 Å². The van der Waals surface area contributed by atoms with Gasteiger partial charge in [-0.2, -0.15) is 5.10 Å².